The Labute approximate surface area is 303 Å². The highest BCUT2D eigenvalue weighted by Crippen LogP contribution is 2.27. The Morgan fingerprint density at radius 3 is 2.33 bits per heavy atom. The molecular weight excluding hydrogens is 687 g/mol. The Kier molecular flexibility index (Phi) is 12.1. The number of amides is 4. The van der Waals surface area contributed by atoms with Crippen molar-refractivity contribution < 1.29 is 38.2 Å². The van der Waals surface area contributed by atoms with Gasteiger partial charge in [0.25, 0.3) is 5.91 Å². The van der Waals surface area contributed by atoms with Gasteiger partial charge in [0.2, 0.25) is 17.7 Å². The first-order chi connectivity index (χ1) is 25.0. The summed E-state index contributed by atoms with van der Waals surface area (Å²) in [4.78, 5) is 81.3. The van der Waals surface area contributed by atoms with E-state index in [9.17, 15) is 28.8 Å². The maximum Gasteiger partial charge on any atom is 0.328 e. The number of hydrogen-bond acceptors (Lipinski definition) is 10. The number of hydrogen-bond donors (Lipinski definition) is 3. The minimum Gasteiger partial charge on any atom is -0.467 e. The fraction of sp³-hybridized carbons (Fsp3) is 0.237. The van der Waals surface area contributed by atoms with E-state index in [4.69, 9.17) is 4.74 Å². The highest BCUT2D eigenvalue weighted by Gasteiger charge is 2.27. The number of aromatic nitrogens is 1. The standard InChI is InChI=1S/C38H35N5O8S/c1-23(38(49)50-3)39-35(47)30(21-51-24(2)44)41-36(48)31-22-52-37(42-31)27-14-16-29(17-15-27)40-33(45)18-19-34(46)43-20-28-10-5-4-8-25(28)12-13-26-9-6-7-11-32(26)43/h4-11,14-17,22-23,30H,18-21H2,1-3H3,(H,39,47)(H,40,45)(H,41,48)/t23-,30-/m0/s1. The van der Waals surface area contributed by atoms with Crippen LogP contribution in [0.15, 0.2) is 78.2 Å². The first kappa shape index (κ1) is 36.9. The van der Waals surface area contributed by atoms with Crippen LogP contribution < -0.4 is 20.9 Å². The van der Waals surface area contributed by atoms with Gasteiger partial charge in [0.05, 0.1) is 19.3 Å². The van der Waals surface area contributed by atoms with Gasteiger partial charge in [0, 0.05) is 47.5 Å². The summed E-state index contributed by atoms with van der Waals surface area (Å²) in [5.74, 6) is 3.03. The molecule has 1 aromatic heterocycles. The minimum atomic E-state index is -1.30. The second kappa shape index (κ2) is 17.1. The first-order valence-electron chi connectivity index (χ1n) is 16.2. The molecule has 4 aromatic rings. The molecule has 0 fully saturated rings. The van der Waals surface area contributed by atoms with E-state index in [1.165, 1.54) is 30.8 Å². The lowest BCUT2D eigenvalue weighted by Gasteiger charge is -2.26. The smallest absolute Gasteiger partial charge is 0.328 e. The Bertz CT molecular complexity index is 2070. The van der Waals surface area contributed by atoms with Crippen LogP contribution in [0.3, 0.4) is 0 Å². The molecule has 3 N–H and O–H groups in total. The number of methoxy groups -OCH3 is 1. The highest BCUT2D eigenvalue weighted by atomic mass is 32.1. The number of rotatable bonds is 12. The summed E-state index contributed by atoms with van der Waals surface area (Å²) in [6.07, 6.45) is -0.0406. The SMILES string of the molecule is COC(=O)[C@H](C)NC(=O)[C@H](COC(C)=O)NC(=O)c1csc(-c2ccc(NC(=O)CCC(=O)N3Cc4ccccc4C#Cc4ccccc43)cc2)n1. The van der Waals surface area contributed by atoms with Gasteiger partial charge < -0.3 is 30.3 Å². The molecular formula is C38H35N5O8S. The molecule has 0 saturated heterocycles. The lowest BCUT2D eigenvalue weighted by molar-refractivity contribution is -0.146. The van der Waals surface area contributed by atoms with Crippen molar-refractivity contribution in [3.05, 3.63) is 101 Å². The van der Waals surface area contributed by atoms with Crippen LogP contribution in [0.5, 0.6) is 0 Å². The summed E-state index contributed by atoms with van der Waals surface area (Å²) in [5.41, 5.74) is 4.41. The van der Waals surface area contributed by atoms with Gasteiger partial charge in [-0.2, -0.15) is 0 Å². The second-order valence-corrected chi connectivity index (χ2v) is 12.5. The van der Waals surface area contributed by atoms with Crippen molar-refractivity contribution in [1.82, 2.24) is 15.6 Å². The molecule has 2 atom stereocenters. The number of esters is 2. The van der Waals surface area contributed by atoms with Crippen LogP contribution in [0.4, 0.5) is 11.4 Å². The largest absolute Gasteiger partial charge is 0.467 e. The van der Waals surface area contributed by atoms with Gasteiger partial charge in [-0.15, -0.1) is 11.3 Å². The van der Waals surface area contributed by atoms with E-state index in [-0.39, 0.29) is 30.3 Å². The molecule has 5 rings (SSSR count). The Morgan fingerprint density at radius 2 is 1.60 bits per heavy atom. The summed E-state index contributed by atoms with van der Waals surface area (Å²) in [7, 11) is 1.17. The number of fused-ring (bicyclic) bond motifs is 2. The maximum absolute atomic E-state index is 13.5. The average Bonchev–Trinajstić information content (AvgIpc) is 3.64. The average molecular weight is 722 g/mol. The molecule has 13 nitrogen and oxygen atoms in total. The molecule has 52 heavy (non-hydrogen) atoms. The van der Waals surface area contributed by atoms with E-state index in [1.54, 1.807) is 29.2 Å². The van der Waals surface area contributed by atoms with Crippen LogP contribution in [0.2, 0.25) is 0 Å². The number of nitrogens with zero attached hydrogens (tertiary/aromatic N) is 2. The van der Waals surface area contributed by atoms with Gasteiger partial charge in [-0.3, -0.25) is 24.0 Å². The van der Waals surface area contributed by atoms with Crippen molar-refractivity contribution in [1.29, 1.82) is 0 Å². The molecule has 0 aliphatic carbocycles. The van der Waals surface area contributed by atoms with Crippen molar-refractivity contribution in [3.63, 3.8) is 0 Å². The topological polar surface area (TPSA) is 173 Å². The molecule has 3 aromatic carbocycles. The van der Waals surface area contributed by atoms with Gasteiger partial charge in [0.1, 0.15) is 29.4 Å². The summed E-state index contributed by atoms with van der Waals surface area (Å²) in [6.45, 7) is 2.44. The predicted molar refractivity (Wildman–Crippen MR) is 193 cm³/mol. The van der Waals surface area contributed by atoms with Crippen LogP contribution >= 0.6 is 11.3 Å². The Balaban J connectivity index is 1.17. The maximum atomic E-state index is 13.5. The molecule has 4 amide bonds. The van der Waals surface area contributed by atoms with Crippen LogP contribution in [0.25, 0.3) is 10.6 Å². The van der Waals surface area contributed by atoms with Crippen LogP contribution in [0, 0.1) is 11.8 Å². The Hall–Kier alpha value is -6.33. The number of anilines is 2. The molecule has 1 aliphatic heterocycles. The lowest BCUT2D eigenvalue weighted by atomic mass is 10.0. The monoisotopic (exact) mass is 721 g/mol. The number of carbonyl (C=O) groups is 6. The third-order valence-corrected chi connectivity index (χ3v) is 8.77. The molecule has 1 aliphatic rings. The number of para-hydroxylation sites is 1. The molecule has 266 valence electrons. The van der Waals surface area contributed by atoms with Crippen molar-refractivity contribution >= 4 is 58.3 Å². The summed E-state index contributed by atoms with van der Waals surface area (Å²) in [6, 6.07) is 19.6. The van der Waals surface area contributed by atoms with Crippen molar-refractivity contribution in [2.75, 3.05) is 23.9 Å². The molecule has 0 unspecified atom stereocenters. The quantitative estimate of drug-likeness (QED) is 0.145. The van der Waals surface area contributed by atoms with Gasteiger partial charge >= 0.3 is 11.9 Å². The van der Waals surface area contributed by atoms with E-state index in [0.717, 1.165) is 23.6 Å². The number of carbonyl (C=O) groups excluding carboxylic acids is 6. The molecule has 0 saturated carbocycles. The van der Waals surface area contributed by atoms with Crippen LogP contribution in [-0.4, -0.2) is 66.4 Å². The zero-order chi connectivity index (χ0) is 37.2. The molecule has 0 spiro atoms. The third-order valence-electron chi connectivity index (χ3n) is 7.88. The molecule has 0 bridgehead atoms. The van der Waals surface area contributed by atoms with E-state index in [2.05, 4.69) is 37.5 Å². The minimum absolute atomic E-state index is 0.00843. The van der Waals surface area contributed by atoms with Gasteiger partial charge in [-0.05, 0) is 55.0 Å². The second-order valence-electron chi connectivity index (χ2n) is 11.6. The van der Waals surface area contributed by atoms with E-state index < -0.39 is 42.4 Å². The van der Waals surface area contributed by atoms with Crippen LogP contribution in [0.1, 0.15) is 53.9 Å². The first-order valence-corrected chi connectivity index (χ1v) is 17.1. The zero-order valence-electron chi connectivity index (χ0n) is 28.6. The Morgan fingerprint density at radius 1 is 0.904 bits per heavy atom. The summed E-state index contributed by atoms with van der Waals surface area (Å²) < 4.78 is 9.53. The normalized spacial score (nSPS) is 12.6. The molecule has 0 radical (unpaired) electrons. The summed E-state index contributed by atoms with van der Waals surface area (Å²) in [5, 5.41) is 9.71. The third kappa shape index (κ3) is 9.46. The number of thiazole rings is 1. The summed E-state index contributed by atoms with van der Waals surface area (Å²) >= 11 is 1.18. The fourth-order valence-electron chi connectivity index (χ4n) is 5.16. The van der Waals surface area contributed by atoms with Crippen molar-refractivity contribution in [2.24, 2.45) is 0 Å². The van der Waals surface area contributed by atoms with Gasteiger partial charge in [0.15, 0.2) is 0 Å². The highest BCUT2D eigenvalue weighted by molar-refractivity contribution is 7.13. The zero-order valence-corrected chi connectivity index (χ0v) is 29.4. The van der Waals surface area contributed by atoms with Crippen molar-refractivity contribution in [3.8, 4) is 22.4 Å². The van der Waals surface area contributed by atoms with Crippen molar-refractivity contribution in [2.45, 2.75) is 45.3 Å². The fourth-order valence-corrected chi connectivity index (χ4v) is 5.96. The number of ether oxygens (including phenoxy) is 2. The van der Waals surface area contributed by atoms with Gasteiger partial charge in [-0.25, -0.2) is 9.78 Å². The number of benzene rings is 3. The molecule has 14 heteroatoms. The van der Waals surface area contributed by atoms with Crippen LogP contribution in [-0.2, 0) is 40.0 Å². The van der Waals surface area contributed by atoms with E-state index in [0.29, 0.717) is 28.5 Å². The molecule has 2 heterocycles. The lowest BCUT2D eigenvalue weighted by Crippen LogP contribution is -2.53. The van der Waals surface area contributed by atoms with E-state index >= 15 is 0 Å². The number of nitrogens with one attached hydrogen (secondary N) is 3. The van der Waals surface area contributed by atoms with Gasteiger partial charge in [-0.1, -0.05) is 42.2 Å². The van der Waals surface area contributed by atoms with E-state index in [1.807, 2.05) is 48.5 Å². The predicted octanol–water partition coefficient (Wildman–Crippen LogP) is 3.81.